The molecule has 1 rings (SSSR count). The van der Waals surface area contributed by atoms with Gasteiger partial charge in [-0.3, -0.25) is 4.79 Å². The number of rotatable bonds is 5. The average molecular weight is 293 g/mol. The lowest BCUT2D eigenvalue weighted by Crippen LogP contribution is -2.20. The zero-order chi connectivity index (χ0) is 15.3. The van der Waals surface area contributed by atoms with Gasteiger partial charge < -0.3 is 14.2 Å². The number of nitrogens with zero attached hydrogens (tertiary/aromatic N) is 1. The van der Waals surface area contributed by atoms with E-state index >= 15 is 0 Å². The monoisotopic (exact) mass is 293 g/mol. The van der Waals surface area contributed by atoms with Gasteiger partial charge >= 0.3 is 12.3 Å². The number of carbonyl (C=O) groups is 1. The van der Waals surface area contributed by atoms with Gasteiger partial charge in [-0.25, -0.2) is 4.98 Å². The third kappa shape index (κ3) is 4.29. The zero-order valence-electron chi connectivity index (χ0n) is 11.2. The van der Waals surface area contributed by atoms with Crippen LogP contribution in [0.25, 0.3) is 0 Å². The highest BCUT2D eigenvalue weighted by atomic mass is 19.4. The summed E-state index contributed by atoms with van der Waals surface area (Å²) in [6, 6.07) is 0. The molecule has 1 aromatic heterocycles. The molecule has 0 N–H and O–H groups in total. The topological polar surface area (TPSA) is 57.7 Å². The first kappa shape index (κ1) is 16.1. The maximum absolute atomic E-state index is 12.3. The normalized spacial score (nSPS) is 11.1. The molecule has 0 aliphatic rings. The Morgan fingerprint density at radius 1 is 1.40 bits per heavy atom. The Morgan fingerprint density at radius 3 is 2.55 bits per heavy atom. The van der Waals surface area contributed by atoms with Crippen LogP contribution in [0, 0.1) is 6.92 Å². The molecule has 0 saturated heterocycles. The lowest BCUT2D eigenvalue weighted by Gasteiger charge is -2.16. The number of hydrogen-bond donors (Lipinski definition) is 0. The van der Waals surface area contributed by atoms with Crippen molar-refractivity contribution in [2.24, 2.45) is 0 Å². The van der Waals surface area contributed by atoms with Crippen molar-refractivity contribution in [2.75, 3.05) is 13.7 Å². The SMILES string of the molecule is CCOC(=O)Cc1c(OC(F)(F)F)cnc(OC)c1C. The van der Waals surface area contributed by atoms with E-state index in [4.69, 9.17) is 9.47 Å². The molecule has 0 bridgehead atoms. The van der Waals surface area contributed by atoms with Crippen molar-refractivity contribution in [1.29, 1.82) is 0 Å². The van der Waals surface area contributed by atoms with E-state index in [0.29, 0.717) is 5.56 Å². The predicted molar refractivity (Wildman–Crippen MR) is 62.5 cm³/mol. The lowest BCUT2D eigenvalue weighted by atomic mass is 10.1. The number of ether oxygens (including phenoxy) is 3. The van der Waals surface area contributed by atoms with E-state index in [1.54, 1.807) is 6.92 Å². The quantitative estimate of drug-likeness (QED) is 0.780. The third-order valence-electron chi connectivity index (χ3n) is 2.42. The number of hydrogen-bond acceptors (Lipinski definition) is 5. The van der Waals surface area contributed by atoms with Crippen molar-refractivity contribution in [3.05, 3.63) is 17.3 Å². The Morgan fingerprint density at radius 2 is 2.05 bits per heavy atom. The summed E-state index contributed by atoms with van der Waals surface area (Å²) in [7, 11) is 1.33. The summed E-state index contributed by atoms with van der Waals surface area (Å²) in [5.41, 5.74) is 0.329. The van der Waals surface area contributed by atoms with E-state index in [1.807, 2.05) is 0 Å². The van der Waals surface area contributed by atoms with Crippen LogP contribution in [0.1, 0.15) is 18.1 Å². The van der Waals surface area contributed by atoms with Crippen molar-refractivity contribution in [1.82, 2.24) is 4.98 Å². The molecule has 1 heterocycles. The number of alkyl halides is 3. The van der Waals surface area contributed by atoms with Gasteiger partial charge in [-0.05, 0) is 13.8 Å². The van der Waals surface area contributed by atoms with Crippen LogP contribution in [0.2, 0.25) is 0 Å². The average Bonchev–Trinajstić information content (AvgIpc) is 2.32. The molecule has 1 aromatic rings. The molecule has 112 valence electrons. The number of pyridine rings is 1. The Labute approximate surface area is 113 Å². The summed E-state index contributed by atoms with van der Waals surface area (Å²) in [5, 5.41) is 0. The van der Waals surface area contributed by atoms with Gasteiger partial charge in [0.2, 0.25) is 5.88 Å². The van der Waals surface area contributed by atoms with E-state index in [-0.39, 0.29) is 24.5 Å². The lowest BCUT2D eigenvalue weighted by molar-refractivity contribution is -0.275. The number of esters is 1. The number of halogens is 3. The summed E-state index contributed by atoms with van der Waals surface area (Å²) in [5.74, 6) is -1.07. The summed E-state index contributed by atoms with van der Waals surface area (Å²) in [6.45, 7) is 3.23. The van der Waals surface area contributed by atoms with Crippen LogP contribution >= 0.6 is 0 Å². The van der Waals surface area contributed by atoms with Crippen LogP contribution in [0.15, 0.2) is 6.20 Å². The van der Waals surface area contributed by atoms with Crippen LogP contribution in [-0.2, 0) is 16.0 Å². The van der Waals surface area contributed by atoms with Crippen molar-refractivity contribution in [3.63, 3.8) is 0 Å². The maximum atomic E-state index is 12.3. The van der Waals surface area contributed by atoms with Gasteiger partial charge in [0.25, 0.3) is 0 Å². The Bertz CT molecular complexity index is 488. The van der Waals surface area contributed by atoms with E-state index in [1.165, 1.54) is 14.0 Å². The highest BCUT2D eigenvalue weighted by Crippen LogP contribution is 2.32. The van der Waals surface area contributed by atoms with Gasteiger partial charge in [-0.2, -0.15) is 0 Å². The minimum absolute atomic E-state index is 0.0348. The molecular weight excluding hydrogens is 279 g/mol. The second-order valence-corrected chi connectivity index (χ2v) is 3.76. The Balaban J connectivity index is 3.16. The van der Waals surface area contributed by atoms with Gasteiger partial charge in [0.05, 0.1) is 26.3 Å². The minimum Gasteiger partial charge on any atom is -0.481 e. The van der Waals surface area contributed by atoms with E-state index in [9.17, 15) is 18.0 Å². The van der Waals surface area contributed by atoms with Gasteiger partial charge in [0.1, 0.15) is 0 Å². The molecule has 0 atom stereocenters. The van der Waals surface area contributed by atoms with Gasteiger partial charge in [0, 0.05) is 11.1 Å². The molecule has 0 aromatic carbocycles. The molecule has 20 heavy (non-hydrogen) atoms. The fraction of sp³-hybridized carbons (Fsp3) is 0.500. The van der Waals surface area contributed by atoms with Crippen LogP contribution in [0.5, 0.6) is 11.6 Å². The van der Waals surface area contributed by atoms with Gasteiger partial charge in [-0.1, -0.05) is 0 Å². The molecule has 0 spiro atoms. The largest absolute Gasteiger partial charge is 0.573 e. The minimum atomic E-state index is -4.87. The summed E-state index contributed by atoms with van der Waals surface area (Å²) >= 11 is 0. The molecule has 0 fully saturated rings. The second kappa shape index (κ2) is 6.44. The maximum Gasteiger partial charge on any atom is 0.573 e. The van der Waals surface area contributed by atoms with Gasteiger partial charge in [0.15, 0.2) is 5.75 Å². The number of aromatic nitrogens is 1. The third-order valence-corrected chi connectivity index (χ3v) is 2.42. The van der Waals surface area contributed by atoms with Crippen molar-refractivity contribution in [2.45, 2.75) is 26.6 Å². The van der Waals surface area contributed by atoms with Crippen molar-refractivity contribution >= 4 is 5.97 Å². The van der Waals surface area contributed by atoms with E-state index < -0.39 is 18.1 Å². The standard InChI is InChI=1S/C12H14F3NO4/c1-4-19-10(17)5-8-7(2)11(18-3)16-6-9(8)20-12(13,14)15/h6H,4-5H2,1-3H3. The summed E-state index contributed by atoms with van der Waals surface area (Å²) in [4.78, 5) is 15.2. The molecule has 0 radical (unpaired) electrons. The van der Waals surface area contributed by atoms with Crippen molar-refractivity contribution < 1.29 is 32.2 Å². The molecule has 0 amide bonds. The van der Waals surface area contributed by atoms with Crippen LogP contribution < -0.4 is 9.47 Å². The Kier molecular flexibility index (Phi) is 5.18. The summed E-state index contributed by atoms with van der Waals surface area (Å²) < 4.78 is 50.5. The molecule has 0 aliphatic heterocycles. The number of methoxy groups -OCH3 is 1. The van der Waals surface area contributed by atoms with E-state index in [2.05, 4.69) is 9.72 Å². The Hall–Kier alpha value is -1.99. The van der Waals surface area contributed by atoms with Gasteiger partial charge in [-0.15, -0.1) is 13.2 Å². The molecule has 8 heteroatoms. The molecular formula is C12H14F3NO4. The smallest absolute Gasteiger partial charge is 0.481 e. The zero-order valence-corrected chi connectivity index (χ0v) is 11.2. The van der Waals surface area contributed by atoms with Crippen LogP contribution in [0.3, 0.4) is 0 Å². The highest BCUT2D eigenvalue weighted by molar-refractivity contribution is 5.74. The molecule has 5 nitrogen and oxygen atoms in total. The fourth-order valence-electron chi connectivity index (χ4n) is 1.60. The predicted octanol–water partition coefficient (Wildman–Crippen LogP) is 2.40. The van der Waals surface area contributed by atoms with Crippen LogP contribution in [-0.4, -0.2) is 31.0 Å². The highest BCUT2D eigenvalue weighted by Gasteiger charge is 2.33. The summed E-state index contributed by atoms with van der Waals surface area (Å²) in [6.07, 6.45) is -4.36. The number of carbonyl (C=O) groups excluding carboxylic acids is 1. The molecule has 0 aliphatic carbocycles. The first-order valence-corrected chi connectivity index (χ1v) is 5.72. The first-order chi connectivity index (χ1) is 9.28. The second-order valence-electron chi connectivity index (χ2n) is 3.76. The first-order valence-electron chi connectivity index (χ1n) is 5.72. The van der Waals surface area contributed by atoms with E-state index in [0.717, 1.165) is 6.20 Å². The molecule has 0 saturated carbocycles. The van der Waals surface area contributed by atoms with Crippen molar-refractivity contribution in [3.8, 4) is 11.6 Å². The van der Waals surface area contributed by atoms with Crippen LogP contribution in [0.4, 0.5) is 13.2 Å². The molecule has 0 unspecified atom stereocenters. The fourth-order valence-corrected chi connectivity index (χ4v) is 1.60.